The molecule has 2 N–H and O–H groups in total. The van der Waals surface area contributed by atoms with Gasteiger partial charge in [0.05, 0.1) is 26.4 Å². The number of unbranched alkanes of at least 4 members (excludes halogenated alkanes) is 14. The summed E-state index contributed by atoms with van der Waals surface area (Å²) in [6.45, 7) is 15.5. The maximum absolute atomic E-state index is 8.74. The van der Waals surface area contributed by atoms with E-state index in [1.165, 1.54) is 116 Å². The molecule has 0 aromatic heterocycles. The first-order chi connectivity index (χ1) is 17.9. The zero-order valence-electron chi connectivity index (χ0n) is 24.2. The van der Waals surface area contributed by atoms with E-state index in [9.17, 15) is 0 Å². The molecule has 224 valence electrons. The van der Waals surface area contributed by atoms with Crippen LogP contribution in [-0.2, 0) is 19.9 Å². The van der Waals surface area contributed by atoms with E-state index in [1.54, 1.807) is 0 Å². The molecule has 2 rings (SSSR count). The summed E-state index contributed by atoms with van der Waals surface area (Å²) in [7, 11) is -4.67. The molecule has 2 saturated heterocycles. The van der Waals surface area contributed by atoms with Gasteiger partial charge in [0.25, 0.3) is 0 Å². The predicted octanol–water partition coefficient (Wildman–Crippen LogP) is 6.27. The lowest BCUT2D eigenvalue weighted by molar-refractivity contribution is 0.0370. The molecule has 0 amide bonds. The summed E-state index contributed by atoms with van der Waals surface area (Å²) in [6.07, 6.45) is 22.7. The van der Waals surface area contributed by atoms with Gasteiger partial charge in [-0.2, -0.15) is 8.42 Å². The van der Waals surface area contributed by atoms with E-state index < -0.39 is 10.4 Å². The Hall–Kier alpha value is -0.290. The van der Waals surface area contributed by atoms with Gasteiger partial charge in [0.15, 0.2) is 0 Å². The summed E-state index contributed by atoms with van der Waals surface area (Å²) >= 11 is 0. The standard InChI is InChI=1S/2C14H29NO.H2O4S/c2*1-2-3-4-5-6-7-8-9-10-15-11-13-16-14-12-15;1-5(2,3)4/h2*2-14H2,1H3;(H2,1,2,3,4). The van der Waals surface area contributed by atoms with Gasteiger partial charge in [0.1, 0.15) is 0 Å². The fraction of sp³-hybridized carbons (Fsp3) is 1.00. The topological polar surface area (TPSA) is 99.5 Å². The number of ether oxygens (including phenoxy) is 2. The molecule has 0 saturated carbocycles. The molecule has 2 fully saturated rings. The van der Waals surface area contributed by atoms with Gasteiger partial charge in [-0.1, -0.05) is 104 Å². The van der Waals surface area contributed by atoms with Gasteiger partial charge in [0, 0.05) is 26.2 Å². The fourth-order valence-corrected chi connectivity index (χ4v) is 4.59. The summed E-state index contributed by atoms with van der Waals surface area (Å²) in [5, 5.41) is 0. The van der Waals surface area contributed by atoms with Crippen molar-refractivity contribution in [1.82, 2.24) is 9.80 Å². The smallest absolute Gasteiger partial charge is 0.379 e. The molecule has 8 nitrogen and oxygen atoms in total. The third kappa shape index (κ3) is 31.8. The predicted molar refractivity (Wildman–Crippen MR) is 154 cm³/mol. The minimum Gasteiger partial charge on any atom is -0.379 e. The number of hydrogen-bond acceptors (Lipinski definition) is 6. The number of nitrogens with zero attached hydrogens (tertiary/aromatic N) is 2. The van der Waals surface area contributed by atoms with Crippen LogP contribution in [0.4, 0.5) is 0 Å². The van der Waals surface area contributed by atoms with Gasteiger partial charge >= 0.3 is 10.4 Å². The SMILES string of the molecule is CCCCCCCCCCN1CCOCC1.CCCCCCCCCCN1CCOCC1.O=S(=O)(O)O. The second kappa shape index (κ2) is 27.3. The molecule has 0 bridgehead atoms. The monoisotopic (exact) mass is 552 g/mol. The van der Waals surface area contributed by atoms with Crippen molar-refractivity contribution < 1.29 is 27.0 Å². The van der Waals surface area contributed by atoms with Crippen LogP contribution < -0.4 is 0 Å². The normalized spacial score (nSPS) is 17.0. The highest BCUT2D eigenvalue weighted by Crippen LogP contribution is 2.10. The van der Waals surface area contributed by atoms with Crippen LogP contribution in [0.2, 0.25) is 0 Å². The van der Waals surface area contributed by atoms with Crippen LogP contribution >= 0.6 is 0 Å². The minimum absolute atomic E-state index is 0.941. The van der Waals surface area contributed by atoms with Gasteiger partial charge in [0.2, 0.25) is 0 Å². The Bertz CT molecular complexity index is 511. The summed E-state index contributed by atoms with van der Waals surface area (Å²) in [5.74, 6) is 0. The van der Waals surface area contributed by atoms with Crippen molar-refractivity contribution in [2.45, 2.75) is 117 Å². The molecule has 0 aliphatic carbocycles. The Morgan fingerprint density at radius 1 is 0.514 bits per heavy atom. The average Bonchev–Trinajstić information content (AvgIpc) is 2.88. The second-order valence-electron chi connectivity index (χ2n) is 10.3. The Balaban J connectivity index is 0.000000594. The van der Waals surface area contributed by atoms with E-state index in [-0.39, 0.29) is 0 Å². The van der Waals surface area contributed by atoms with Crippen molar-refractivity contribution in [1.29, 1.82) is 0 Å². The van der Waals surface area contributed by atoms with Gasteiger partial charge < -0.3 is 9.47 Å². The first-order valence-corrected chi connectivity index (χ1v) is 16.6. The molecule has 0 spiro atoms. The van der Waals surface area contributed by atoms with Crippen LogP contribution in [0.25, 0.3) is 0 Å². The van der Waals surface area contributed by atoms with E-state index in [0.29, 0.717) is 0 Å². The number of morpholine rings is 2. The van der Waals surface area contributed by atoms with Gasteiger partial charge in [-0.25, -0.2) is 0 Å². The molecule has 9 heteroatoms. The molecule has 0 unspecified atom stereocenters. The van der Waals surface area contributed by atoms with Crippen molar-refractivity contribution in [3.05, 3.63) is 0 Å². The third-order valence-corrected chi connectivity index (χ3v) is 6.86. The second-order valence-corrected chi connectivity index (χ2v) is 11.2. The minimum atomic E-state index is -4.67. The number of hydrogen-bond donors (Lipinski definition) is 2. The van der Waals surface area contributed by atoms with Crippen molar-refractivity contribution in [3.63, 3.8) is 0 Å². The van der Waals surface area contributed by atoms with Crippen LogP contribution in [0, 0.1) is 0 Å². The molecule has 2 heterocycles. The molecule has 2 aliphatic heterocycles. The molecule has 0 aromatic carbocycles. The van der Waals surface area contributed by atoms with E-state index in [2.05, 4.69) is 23.6 Å². The zero-order valence-corrected chi connectivity index (χ0v) is 25.0. The van der Waals surface area contributed by atoms with Crippen LogP contribution in [-0.4, -0.2) is 93.0 Å². The summed E-state index contributed by atoms with van der Waals surface area (Å²) < 4.78 is 42.3. The summed E-state index contributed by atoms with van der Waals surface area (Å²) in [6, 6.07) is 0. The highest BCUT2D eigenvalue weighted by molar-refractivity contribution is 7.79. The molecule has 37 heavy (non-hydrogen) atoms. The van der Waals surface area contributed by atoms with Gasteiger partial charge in [-0.05, 0) is 25.9 Å². The van der Waals surface area contributed by atoms with E-state index in [1.807, 2.05) is 0 Å². The molecule has 0 radical (unpaired) electrons. The van der Waals surface area contributed by atoms with Crippen LogP contribution in [0.5, 0.6) is 0 Å². The van der Waals surface area contributed by atoms with Crippen LogP contribution in [0.3, 0.4) is 0 Å². The highest BCUT2D eigenvalue weighted by atomic mass is 32.3. The van der Waals surface area contributed by atoms with Gasteiger partial charge in [-0.3, -0.25) is 18.9 Å². The Labute approximate surface area is 229 Å². The van der Waals surface area contributed by atoms with Crippen molar-refractivity contribution in [2.24, 2.45) is 0 Å². The lowest BCUT2D eigenvalue weighted by atomic mass is 10.1. The first-order valence-electron chi connectivity index (χ1n) is 15.2. The quantitative estimate of drug-likeness (QED) is 0.152. The Morgan fingerprint density at radius 3 is 1.03 bits per heavy atom. The van der Waals surface area contributed by atoms with E-state index in [4.69, 9.17) is 27.0 Å². The maximum atomic E-state index is 8.74. The molecular formula is C28H60N2O6S. The maximum Gasteiger partial charge on any atom is 0.394 e. The molecule has 2 aliphatic rings. The summed E-state index contributed by atoms with van der Waals surface area (Å²) in [5.41, 5.74) is 0. The summed E-state index contributed by atoms with van der Waals surface area (Å²) in [4.78, 5) is 5.08. The largest absolute Gasteiger partial charge is 0.394 e. The van der Waals surface area contributed by atoms with Crippen molar-refractivity contribution in [3.8, 4) is 0 Å². The molecule has 0 atom stereocenters. The van der Waals surface area contributed by atoms with E-state index >= 15 is 0 Å². The fourth-order valence-electron chi connectivity index (χ4n) is 4.59. The first kappa shape index (κ1) is 36.7. The molecule has 0 aromatic rings. The van der Waals surface area contributed by atoms with Crippen LogP contribution in [0.1, 0.15) is 117 Å². The van der Waals surface area contributed by atoms with Crippen LogP contribution in [0.15, 0.2) is 0 Å². The third-order valence-electron chi connectivity index (χ3n) is 6.86. The Kier molecular flexibility index (Phi) is 27.1. The average molecular weight is 553 g/mol. The number of rotatable bonds is 18. The lowest BCUT2D eigenvalue weighted by Gasteiger charge is -2.26. The highest BCUT2D eigenvalue weighted by Gasteiger charge is 2.09. The van der Waals surface area contributed by atoms with Gasteiger partial charge in [-0.15, -0.1) is 0 Å². The zero-order chi connectivity index (χ0) is 27.5. The molecular weight excluding hydrogens is 492 g/mol. The van der Waals surface area contributed by atoms with E-state index in [0.717, 1.165) is 52.6 Å². The van der Waals surface area contributed by atoms with Crippen molar-refractivity contribution >= 4 is 10.4 Å². The Morgan fingerprint density at radius 2 is 0.757 bits per heavy atom. The lowest BCUT2D eigenvalue weighted by Crippen LogP contribution is -2.36. The van der Waals surface area contributed by atoms with Crippen molar-refractivity contribution in [2.75, 3.05) is 65.7 Å².